The van der Waals surface area contributed by atoms with Gasteiger partial charge >= 0.3 is 5.97 Å². The SMILES string of the molecule is CCCCCC/C=C/CC/C=C/C(O)C(COC1OC(CO)C(O)C(O)C1O)NC(=O)CCCCCCCCCCCCCCCCCCC/C=C\C/C=C\CCCCCCCCCCCCCCCCCOC(=O)CCCCCCCCCCCCCCC. The van der Waals surface area contributed by atoms with E-state index in [4.69, 9.17) is 14.2 Å². The number of aliphatic hydroxyl groups is 5. The summed E-state index contributed by atoms with van der Waals surface area (Å²) in [4.78, 5) is 25.1. The lowest BCUT2D eigenvalue weighted by Crippen LogP contribution is -2.60. The molecule has 1 amide bonds. The van der Waals surface area contributed by atoms with Crippen molar-refractivity contribution in [3.05, 3.63) is 48.6 Å². The van der Waals surface area contributed by atoms with Gasteiger partial charge in [-0.05, 0) is 77.0 Å². The fourth-order valence-corrected chi connectivity index (χ4v) is 12.3. The Kier molecular flexibility index (Phi) is 64.7. The Bertz CT molecular complexity index is 1630. The summed E-state index contributed by atoms with van der Waals surface area (Å²) in [6.45, 7) is 4.33. The van der Waals surface area contributed by atoms with Gasteiger partial charge in [-0.1, -0.05) is 339 Å². The number of ether oxygens (including phenoxy) is 3. The van der Waals surface area contributed by atoms with E-state index in [2.05, 4.69) is 55.6 Å². The van der Waals surface area contributed by atoms with E-state index < -0.39 is 49.5 Å². The first-order chi connectivity index (χ1) is 44.2. The van der Waals surface area contributed by atoms with Crippen LogP contribution in [0.4, 0.5) is 0 Å². The maximum Gasteiger partial charge on any atom is 0.305 e. The highest BCUT2D eigenvalue weighted by Gasteiger charge is 2.44. The van der Waals surface area contributed by atoms with Gasteiger partial charge in [0, 0.05) is 12.8 Å². The Labute approximate surface area is 555 Å². The van der Waals surface area contributed by atoms with E-state index in [0.29, 0.717) is 19.4 Å². The highest BCUT2D eigenvalue weighted by molar-refractivity contribution is 5.76. The van der Waals surface area contributed by atoms with Crippen molar-refractivity contribution in [2.24, 2.45) is 0 Å². The van der Waals surface area contributed by atoms with Crippen LogP contribution in [-0.4, -0.2) is 100 Å². The van der Waals surface area contributed by atoms with E-state index in [9.17, 15) is 35.1 Å². The molecule has 0 aromatic heterocycles. The number of nitrogens with one attached hydrogen (secondary N) is 1. The molecule has 11 heteroatoms. The second-order valence-corrected chi connectivity index (χ2v) is 27.1. The number of aliphatic hydroxyl groups excluding tert-OH is 5. The Morgan fingerprint density at radius 2 is 0.756 bits per heavy atom. The van der Waals surface area contributed by atoms with Crippen LogP contribution in [0.2, 0.25) is 0 Å². The molecule has 0 bridgehead atoms. The Balaban J connectivity index is 1.88. The number of carbonyl (C=O) groups is 2. The van der Waals surface area contributed by atoms with E-state index in [1.807, 2.05) is 6.08 Å². The predicted molar refractivity (Wildman–Crippen MR) is 380 cm³/mol. The summed E-state index contributed by atoms with van der Waals surface area (Å²) in [5, 5.41) is 54.3. The summed E-state index contributed by atoms with van der Waals surface area (Å²) in [6, 6.07) is -0.825. The zero-order valence-corrected chi connectivity index (χ0v) is 58.9. The first kappa shape index (κ1) is 85.6. The zero-order valence-electron chi connectivity index (χ0n) is 58.9. The van der Waals surface area contributed by atoms with E-state index >= 15 is 0 Å². The number of rotatable bonds is 69. The van der Waals surface area contributed by atoms with Gasteiger partial charge in [0.25, 0.3) is 0 Å². The average molecular weight is 1270 g/mol. The predicted octanol–water partition coefficient (Wildman–Crippen LogP) is 20.7. The van der Waals surface area contributed by atoms with Crippen molar-refractivity contribution in [2.45, 2.75) is 423 Å². The number of carbonyl (C=O) groups excluding carboxylic acids is 2. The van der Waals surface area contributed by atoms with Crippen molar-refractivity contribution >= 4 is 11.9 Å². The monoisotopic (exact) mass is 1270 g/mol. The molecular formula is C79H147NO10. The zero-order chi connectivity index (χ0) is 65.1. The number of esters is 1. The molecule has 1 aliphatic heterocycles. The summed E-state index contributed by atoms with van der Waals surface area (Å²) in [5.41, 5.74) is 0. The molecule has 1 rings (SSSR count). The lowest BCUT2D eigenvalue weighted by Gasteiger charge is -2.40. The lowest BCUT2D eigenvalue weighted by atomic mass is 9.99. The van der Waals surface area contributed by atoms with Gasteiger partial charge in [0.15, 0.2) is 6.29 Å². The molecule has 528 valence electrons. The van der Waals surface area contributed by atoms with Gasteiger partial charge in [-0.15, -0.1) is 0 Å². The number of unbranched alkanes of at least 4 members (excludes halogenated alkanes) is 49. The fraction of sp³-hybridized carbons (Fsp3) is 0.873. The van der Waals surface area contributed by atoms with Crippen LogP contribution in [0.1, 0.15) is 380 Å². The number of hydrogen-bond acceptors (Lipinski definition) is 10. The third kappa shape index (κ3) is 56.0. The molecule has 1 saturated heterocycles. The second-order valence-electron chi connectivity index (χ2n) is 27.1. The minimum Gasteiger partial charge on any atom is -0.466 e. The molecule has 0 aromatic carbocycles. The maximum absolute atomic E-state index is 13.0. The molecule has 1 heterocycles. The van der Waals surface area contributed by atoms with Crippen LogP contribution in [-0.2, 0) is 23.8 Å². The van der Waals surface area contributed by atoms with E-state index in [0.717, 1.165) is 57.8 Å². The molecule has 11 nitrogen and oxygen atoms in total. The van der Waals surface area contributed by atoms with Crippen LogP contribution < -0.4 is 5.32 Å². The van der Waals surface area contributed by atoms with Crippen molar-refractivity contribution in [2.75, 3.05) is 19.8 Å². The van der Waals surface area contributed by atoms with Gasteiger partial charge in [0.05, 0.1) is 32.0 Å². The van der Waals surface area contributed by atoms with Crippen LogP contribution in [0.3, 0.4) is 0 Å². The molecule has 0 aromatic rings. The Hall–Kier alpha value is -2.38. The first-order valence-electron chi connectivity index (χ1n) is 38.9. The first-order valence-corrected chi connectivity index (χ1v) is 38.9. The molecular weight excluding hydrogens is 1120 g/mol. The molecule has 90 heavy (non-hydrogen) atoms. The minimum absolute atomic E-state index is 0.0163. The Morgan fingerprint density at radius 1 is 0.411 bits per heavy atom. The number of hydrogen-bond donors (Lipinski definition) is 6. The maximum atomic E-state index is 13.0. The fourth-order valence-electron chi connectivity index (χ4n) is 12.3. The van der Waals surface area contributed by atoms with Crippen molar-refractivity contribution in [1.29, 1.82) is 0 Å². The molecule has 0 radical (unpaired) electrons. The number of allylic oxidation sites excluding steroid dienone is 7. The van der Waals surface area contributed by atoms with Crippen molar-refractivity contribution in [3.63, 3.8) is 0 Å². The molecule has 1 fully saturated rings. The number of amides is 1. The van der Waals surface area contributed by atoms with Crippen LogP contribution in [0.5, 0.6) is 0 Å². The van der Waals surface area contributed by atoms with Crippen molar-refractivity contribution < 1.29 is 49.3 Å². The summed E-state index contributed by atoms with van der Waals surface area (Å²) < 4.78 is 16.7. The largest absolute Gasteiger partial charge is 0.466 e. The lowest BCUT2D eigenvalue weighted by molar-refractivity contribution is -0.302. The standard InChI is InChI=1S/C79H147NO10/c1-3-5-7-9-11-13-15-43-47-51-55-59-63-67-75(84)88-68-64-60-56-52-48-45-42-40-38-36-34-32-30-28-26-24-22-20-18-16-17-19-21-23-25-27-29-31-33-35-37-39-41-44-46-50-54-58-62-66-74(83)80-71(70-89-79-78(87)77(86)76(85)73(69-81)90-79)72(82)65-61-57-53-49-14-12-10-8-6-4-2/h14,16-17,20,22,49,61,65,71-73,76-79,81-82,85-87H,3-13,15,18-19,21,23-48,50-60,62-64,66-70H2,1-2H3,(H,80,83)/b17-16-,22-20-,49-14+,65-61+. The van der Waals surface area contributed by atoms with E-state index in [1.165, 1.54) is 295 Å². The summed E-state index contributed by atoms with van der Waals surface area (Å²) >= 11 is 0. The highest BCUT2D eigenvalue weighted by Crippen LogP contribution is 2.24. The van der Waals surface area contributed by atoms with Crippen LogP contribution >= 0.6 is 0 Å². The van der Waals surface area contributed by atoms with Gasteiger partial charge in [0.2, 0.25) is 5.91 Å². The molecule has 1 aliphatic rings. The summed E-state index contributed by atoms with van der Waals surface area (Å²) in [7, 11) is 0. The third-order valence-electron chi connectivity index (χ3n) is 18.4. The van der Waals surface area contributed by atoms with E-state index in [1.54, 1.807) is 6.08 Å². The van der Waals surface area contributed by atoms with Crippen LogP contribution in [0, 0.1) is 0 Å². The van der Waals surface area contributed by atoms with Crippen LogP contribution in [0.15, 0.2) is 48.6 Å². The molecule has 0 spiro atoms. The van der Waals surface area contributed by atoms with Gasteiger partial charge in [0.1, 0.15) is 24.4 Å². The summed E-state index contributed by atoms with van der Waals surface area (Å²) in [6.07, 6.45) is 80.2. The van der Waals surface area contributed by atoms with Gasteiger partial charge in [-0.2, -0.15) is 0 Å². The van der Waals surface area contributed by atoms with E-state index in [-0.39, 0.29) is 18.5 Å². The Morgan fingerprint density at radius 3 is 1.18 bits per heavy atom. The topological polar surface area (TPSA) is 175 Å². The van der Waals surface area contributed by atoms with Gasteiger partial charge in [-0.3, -0.25) is 9.59 Å². The van der Waals surface area contributed by atoms with Gasteiger partial charge in [-0.25, -0.2) is 0 Å². The molecule has 0 aliphatic carbocycles. The normalized spacial score (nSPS) is 17.9. The second kappa shape index (κ2) is 68.0. The summed E-state index contributed by atoms with van der Waals surface area (Å²) in [5.74, 6) is -0.173. The average Bonchev–Trinajstić information content (AvgIpc) is 3.68. The third-order valence-corrected chi connectivity index (χ3v) is 18.4. The van der Waals surface area contributed by atoms with Crippen molar-refractivity contribution in [3.8, 4) is 0 Å². The molecule has 0 saturated carbocycles. The quantitative estimate of drug-likeness (QED) is 0.0195. The molecule has 6 N–H and O–H groups in total. The molecule has 7 atom stereocenters. The van der Waals surface area contributed by atoms with Gasteiger partial charge < -0.3 is 45.1 Å². The van der Waals surface area contributed by atoms with Crippen molar-refractivity contribution in [1.82, 2.24) is 5.32 Å². The molecule has 7 unspecified atom stereocenters. The van der Waals surface area contributed by atoms with Crippen LogP contribution in [0.25, 0.3) is 0 Å². The smallest absolute Gasteiger partial charge is 0.305 e. The minimum atomic E-state index is -1.57. The highest BCUT2D eigenvalue weighted by atomic mass is 16.7.